The van der Waals surface area contributed by atoms with E-state index in [1.165, 1.54) is 11.1 Å². The van der Waals surface area contributed by atoms with Crippen LogP contribution < -0.4 is 0 Å². The van der Waals surface area contributed by atoms with E-state index in [9.17, 15) is 0 Å². The lowest BCUT2D eigenvalue weighted by atomic mass is 10.1. The maximum atomic E-state index is 4.24. The Labute approximate surface area is 102 Å². The molecule has 0 aliphatic carbocycles. The van der Waals surface area contributed by atoms with Crippen LogP contribution in [0.25, 0.3) is 12.2 Å². The molecular formula is C16H15N. The highest BCUT2D eigenvalue weighted by Crippen LogP contribution is 2.08. The molecule has 1 nitrogen and oxygen atoms in total. The lowest BCUT2D eigenvalue weighted by Gasteiger charge is -1.95. The minimum atomic E-state index is 0.980. The third-order valence-corrected chi connectivity index (χ3v) is 2.40. The number of hydrogen-bond acceptors (Lipinski definition) is 1. The smallest absolute Gasteiger partial charge is 0.0629 e. The van der Waals surface area contributed by atoms with Gasteiger partial charge >= 0.3 is 0 Å². The number of aromatic nitrogens is 1. The normalized spacial score (nSPS) is 11.9. The van der Waals surface area contributed by atoms with Crippen LogP contribution in [0.3, 0.4) is 0 Å². The summed E-state index contributed by atoms with van der Waals surface area (Å²) in [4.78, 5) is 4.24. The minimum absolute atomic E-state index is 0.980. The minimum Gasteiger partial charge on any atom is -0.257 e. The summed E-state index contributed by atoms with van der Waals surface area (Å²) < 4.78 is 0. The highest BCUT2D eigenvalue weighted by atomic mass is 14.6. The SMILES string of the molecule is CC(C=Cc1ccccn1)=Cc1ccccc1. The largest absolute Gasteiger partial charge is 0.257 e. The molecule has 0 radical (unpaired) electrons. The molecule has 0 atom stereocenters. The standard InChI is InChI=1S/C16H15N/c1-14(13-15-7-3-2-4-8-15)10-11-16-9-5-6-12-17-16/h2-13H,1H3. The summed E-state index contributed by atoms with van der Waals surface area (Å²) in [6.45, 7) is 2.09. The summed E-state index contributed by atoms with van der Waals surface area (Å²) in [6.07, 6.45) is 8.06. The van der Waals surface area contributed by atoms with Crippen LogP contribution in [-0.4, -0.2) is 4.98 Å². The maximum Gasteiger partial charge on any atom is 0.0629 e. The van der Waals surface area contributed by atoms with Crippen LogP contribution in [0.2, 0.25) is 0 Å². The van der Waals surface area contributed by atoms with Crippen molar-refractivity contribution in [3.8, 4) is 0 Å². The Morgan fingerprint density at radius 2 is 1.76 bits per heavy atom. The Morgan fingerprint density at radius 1 is 1.00 bits per heavy atom. The quantitative estimate of drug-likeness (QED) is 0.708. The Morgan fingerprint density at radius 3 is 2.47 bits per heavy atom. The van der Waals surface area contributed by atoms with E-state index in [4.69, 9.17) is 0 Å². The summed E-state index contributed by atoms with van der Waals surface area (Å²) in [7, 11) is 0. The second-order valence-corrected chi connectivity index (χ2v) is 3.89. The Bertz CT molecular complexity index is 510. The summed E-state index contributed by atoms with van der Waals surface area (Å²) >= 11 is 0. The maximum absolute atomic E-state index is 4.24. The fourth-order valence-corrected chi connectivity index (χ4v) is 1.55. The van der Waals surface area contributed by atoms with Gasteiger partial charge < -0.3 is 0 Å². The van der Waals surface area contributed by atoms with Crippen LogP contribution in [0.15, 0.2) is 66.4 Å². The van der Waals surface area contributed by atoms with Crippen molar-refractivity contribution in [3.63, 3.8) is 0 Å². The van der Waals surface area contributed by atoms with Gasteiger partial charge in [0.25, 0.3) is 0 Å². The number of benzene rings is 1. The lowest BCUT2D eigenvalue weighted by Crippen LogP contribution is -1.77. The molecule has 0 spiro atoms. The highest BCUT2D eigenvalue weighted by Gasteiger charge is 1.88. The molecule has 0 fully saturated rings. The molecule has 0 amide bonds. The van der Waals surface area contributed by atoms with E-state index in [-0.39, 0.29) is 0 Å². The number of allylic oxidation sites excluding steroid dienone is 2. The number of nitrogens with zero attached hydrogens (tertiary/aromatic N) is 1. The highest BCUT2D eigenvalue weighted by molar-refractivity contribution is 5.59. The van der Waals surface area contributed by atoms with Crippen LogP contribution in [0.1, 0.15) is 18.2 Å². The van der Waals surface area contributed by atoms with Gasteiger partial charge in [-0.1, -0.05) is 54.1 Å². The van der Waals surface area contributed by atoms with Crippen LogP contribution in [0.5, 0.6) is 0 Å². The summed E-state index contributed by atoms with van der Waals surface area (Å²) in [5.41, 5.74) is 3.41. The summed E-state index contributed by atoms with van der Waals surface area (Å²) in [6, 6.07) is 16.2. The van der Waals surface area contributed by atoms with Gasteiger partial charge in [0.05, 0.1) is 5.69 Å². The topological polar surface area (TPSA) is 12.9 Å². The average molecular weight is 221 g/mol. The molecule has 2 rings (SSSR count). The molecule has 0 N–H and O–H groups in total. The van der Waals surface area contributed by atoms with Crippen LogP contribution >= 0.6 is 0 Å². The predicted molar refractivity (Wildman–Crippen MR) is 73.4 cm³/mol. The molecule has 0 saturated heterocycles. The zero-order chi connectivity index (χ0) is 11.9. The van der Waals surface area contributed by atoms with E-state index in [0.29, 0.717) is 0 Å². The molecule has 1 aromatic heterocycles. The van der Waals surface area contributed by atoms with Crippen molar-refractivity contribution >= 4 is 12.2 Å². The molecule has 0 aliphatic heterocycles. The van der Waals surface area contributed by atoms with Crippen molar-refractivity contribution in [1.29, 1.82) is 0 Å². The van der Waals surface area contributed by atoms with Crippen molar-refractivity contribution in [2.75, 3.05) is 0 Å². The third kappa shape index (κ3) is 3.72. The molecule has 0 bridgehead atoms. The Balaban J connectivity index is 2.09. The van der Waals surface area contributed by atoms with Gasteiger partial charge in [-0.25, -0.2) is 0 Å². The van der Waals surface area contributed by atoms with Crippen molar-refractivity contribution in [3.05, 3.63) is 77.6 Å². The molecular weight excluding hydrogens is 206 g/mol. The number of pyridine rings is 1. The van der Waals surface area contributed by atoms with Gasteiger partial charge in [-0.3, -0.25) is 4.98 Å². The van der Waals surface area contributed by atoms with Gasteiger partial charge in [-0.15, -0.1) is 0 Å². The van der Waals surface area contributed by atoms with Crippen LogP contribution in [0.4, 0.5) is 0 Å². The Kier molecular flexibility index (Phi) is 3.87. The second kappa shape index (κ2) is 5.80. The first-order chi connectivity index (χ1) is 8.34. The summed E-state index contributed by atoms with van der Waals surface area (Å²) in [5.74, 6) is 0. The second-order valence-electron chi connectivity index (χ2n) is 3.89. The van der Waals surface area contributed by atoms with Gasteiger partial charge in [0, 0.05) is 6.20 Å². The van der Waals surface area contributed by atoms with Gasteiger partial charge in [-0.05, 0) is 30.7 Å². The van der Waals surface area contributed by atoms with Gasteiger partial charge in [0.1, 0.15) is 0 Å². The van der Waals surface area contributed by atoms with E-state index < -0.39 is 0 Å². The fourth-order valence-electron chi connectivity index (χ4n) is 1.55. The first-order valence-corrected chi connectivity index (χ1v) is 5.67. The van der Waals surface area contributed by atoms with E-state index in [1.807, 2.05) is 42.5 Å². The van der Waals surface area contributed by atoms with Crippen LogP contribution in [0, 0.1) is 0 Å². The Hall–Kier alpha value is -2.15. The first kappa shape index (κ1) is 11.3. The van der Waals surface area contributed by atoms with Gasteiger partial charge in [-0.2, -0.15) is 0 Å². The van der Waals surface area contributed by atoms with Crippen molar-refractivity contribution in [1.82, 2.24) is 4.98 Å². The van der Waals surface area contributed by atoms with Gasteiger partial charge in [0.2, 0.25) is 0 Å². The average Bonchev–Trinajstić information content (AvgIpc) is 2.39. The molecule has 0 aliphatic rings. The molecule has 0 unspecified atom stereocenters. The molecule has 2 aromatic rings. The zero-order valence-electron chi connectivity index (χ0n) is 9.88. The van der Waals surface area contributed by atoms with Crippen LogP contribution in [-0.2, 0) is 0 Å². The first-order valence-electron chi connectivity index (χ1n) is 5.67. The van der Waals surface area contributed by atoms with Gasteiger partial charge in [0.15, 0.2) is 0 Å². The fraction of sp³-hybridized carbons (Fsp3) is 0.0625. The monoisotopic (exact) mass is 221 g/mol. The van der Waals surface area contributed by atoms with Crippen molar-refractivity contribution in [2.24, 2.45) is 0 Å². The third-order valence-electron chi connectivity index (χ3n) is 2.40. The van der Waals surface area contributed by atoms with E-state index in [2.05, 4.69) is 36.2 Å². The van der Waals surface area contributed by atoms with E-state index in [1.54, 1.807) is 6.20 Å². The van der Waals surface area contributed by atoms with E-state index in [0.717, 1.165) is 5.69 Å². The van der Waals surface area contributed by atoms with Crippen molar-refractivity contribution < 1.29 is 0 Å². The lowest BCUT2D eigenvalue weighted by molar-refractivity contribution is 1.29. The molecule has 1 heteroatoms. The molecule has 84 valence electrons. The molecule has 1 heterocycles. The summed E-state index contributed by atoms with van der Waals surface area (Å²) in [5, 5.41) is 0. The predicted octanol–water partition coefficient (Wildman–Crippen LogP) is 4.20. The number of rotatable bonds is 3. The molecule has 0 saturated carbocycles. The molecule has 1 aromatic carbocycles. The van der Waals surface area contributed by atoms with E-state index >= 15 is 0 Å². The molecule has 17 heavy (non-hydrogen) atoms. The number of hydrogen-bond donors (Lipinski definition) is 0. The zero-order valence-corrected chi connectivity index (χ0v) is 9.88. The van der Waals surface area contributed by atoms with Crippen molar-refractivity contribution in [2.45, 2.75) is 6.92 Å².